The van der Waals surface area contributed by atoms with Gasteiger partial charge in [0.05, 0.1) is 6.04 Å². The number of likely N-dealkylation sites (tertiary alicyclic amines) is 1. The van der Waals surface area contributed by atoms with Crippen molar-refractivity contribution in [2.75, 3.05) is 18.4 Å². The maximum absolute atomic E-state index is 14.2. The third-order valence-electron chi connectivity index (χ3n) is 10.6. The molecule has 45 heavy (non-hydrogen) atoms. The van der Waals surface area contributed by atoms with E-state index in [0.29, 0.717) is 23.0 Å². The summed E-state index contributed by atoms with van der Waals surface area (Å²) in [6, 6.07) is 11.8. The van der Waals surface area contributed by atoms with Crippen molar-refractivity contribution in [3.05, 3.63) is 77.3 Å². The maximum atomic E-state index is 14.2. The van der Waals surface area contributed by atoms with Gasteiger partial charge < -0.3 is 15.5 Å². The van der Waals surface area contributed by atoms with Gasteiger partial charge in [-0.1, -0.05) is 43.0 Å². The molecule has 7 nitrogen and oxygen atoms in total. The summed E-state index contributed by atoms with van der Waals surface area (Å²) in [6.07, 6.45) is 16.0. The number of anilines is 1. The fraction of sp³-hybridized carbons (Fsp3) is 0.571. The molecule has 3 aromatic rings. The molecule has 0 unspecified atom stereocenters. The van der Waals surface area contributed by atoms with Gasteiger partial charge in [-0.15, -0.1) is 0 Å². The second-order valence-electron chi connectivity index (χ2n) is 13.5. The third-order valence-corrected chi connectivity index (χ3v) is 10.8. The minimum Gasteiger partial charge on any atom is -0.382 e. The highest BCUT2D eigenvalue weighted by atomic mass is 35.5. The molecule has 2 N–H and O–H groups in total. The van der Waals surface area contributed by atoms with Crippen LogP contribution in [0.15, 0.2) is 55.1 Å². The summed E-state index contributed by atoms with van der Waals surface area (Å²) in [7, 11) is 0. The van der Waals surface area contributed by atoms with E-state index < -0.39 is 11.6 Å². The summed E-state index contributed by atoms with van der Waals surface area (Å²) in [5.41, 5.74) is 1.82. The van der Waals surface area contributed by atoms with Gasteiger partial charge in [0.15, 0.2) is 11.6 Å². The summed E-state index contributed by atoms with van der Waals surface area (Å²) >= 11 is 6.17. The second-order valence-corrected chi connectivity index (χ2v) is 13.9. The predicted octanol–water partition coefficient (Wildman–Crippen LogP) is 7.02. The lowest BCUT2D eigenvalue weighted by atomic mass is 9.63. The molecule has 2 aromatic carbocycles. The molecule has 1 aliphatic heterocycles. The largest absolute Gasteiger partial charge is 0.382 e. The molecular weight excluding hydrogens is 594 g/mol. The van der Waals surface area contributed by atoms with Crippen LogP contribution in [0, 0.1) is 23.0 Å². The van der Waals surface area contributed by atoms with Crippen molar-refractivity contribution in [3.63, 3.8) is 0 Å². The number of hydrogen-bond acceptors (Lipinski definition) is 5. The van der Waals surface area contributed by atoms with E-state index in [1.165, 1.54) is 38.2 Å². The first kappa shape index (κ1) is 31.9. The van der Waals surface area contributed by atoms with Crippen molar-refractivity contribution in [2.24, 2.45) is 11.3 Å². The zero-order chi connectivity index (χ0) is 31.2. The molecule has 0 bridgehead atoms. The van der Waals surface area contributed by atoms with Crippen LogP contribution in [0.4, 0.5) is 14.5 Å². The summed E-state index contributed by atoms with van der Waals surface area (Å²) < 4.78 is 29.1. The average Bonchev–Trinajstić information content (AvgIpc) is 3.58. The predicted molar refractivity (Wildman–Crippen MR) is 173 cm³/mol. The number of carbonyl (C=O) groups excluding carboxylic acids is 1. The number of nitrogens with zero attached hydrogens (tertiary/aromatic N) is 4. The Balaban J connectivity index is 1.10. The normalized spacial score (nSPS) is 23.0. The Morgan fingerprint density at radius 2 is 1.64 bits per heavy atom. The maximum Gasteiger partial charge on any atom is 0.240 e. The molecule has 1 atom stereocenters. The summed E-state index contributed by atoms with van der Waals surface area (Å²) in [4.78, 5) is 20.5. The van der Waals surface area contributed by atoms with E-state index in [-0.39, 0.29) is 29.4 Å². The smallest absolute Gasteiger partial charge is 0.240 e. The lowest BCUT2D eigenvalue weighted by Crippen LogP contribution is -2.55. The number of rotatable bonds is 10. The fourth-order valence-electron chi connectivity index (χ4n) is 8.02. The van der Waals surface area contributed by atoms with E-state index in [9.17, 15) is 13.6 Å². The fourth-order valence-corrected chi connectivity index (χ4v) is 8.15. The first-order chi connectivity index (χ1) is 21.9. The number of amides is 1. The molecule has 1 saturated heterocycles. The van der Waals surface area contributed by atoms with E-state index in [4.69, 9.17) is 11.6 Å². The zero-order valence-electron chi connectivity index (χ0n) is 25.9. The molecule has 2 heterocycles. The van der Waals surface area contributed by atoms with Gasteiger partial charge in [-0.3, -0.25) is 9.48 Å². The van der Waals surface area contributed by atoms with Crippen LogP contribution in [0.5, 0.6) is 0 Å². The minimum atomic E-state index is -0.842. The van der Waals surface area contributed by atoms with Crippen LogP contribution in [0.25, 0.3) is 0 Å². The van der Waals surface area contributed by atoms with E-state index >= 15 is 0 Å². The van der Waals surface area contributed by atoms with Crippen LogP contribution < -0.4 is 10.6 Å². The molecule has 10 heteroatoms. The van der Waals surface area contributed by atoms with Crippen LogP contribution in [0.3, 0.4) is 0 Å². The van der Waals surface area contributed by atoms with Crippen molar-refractivity contribution < 1.29 is 13.6 Å². The number of nitrogens with one attached hydrogen (secondary N) is 2. The Morgan fingerprint density at radius 1 is 0.933 bits per heavy atom. The molecule has 1 aromatic heterocycles. The molecule has 2 saturated carbocycles. The van der Waals surface area contributed by atoms with Gasteiger partial charge in [0.2, 0.25) is 5.91 Å². The Kier molecular flexibility index (Phi) is 10.3. The highest BCUT2D eigenvalue weighted by Gasteiger charge is 2.44. The number of aromatic nitrogens is 3. The lowest BCUT2D eigenvalue weighted by molar-refractivity contribution is -0.137. The van der Waals surface area contributed by atoms with Crippen LogP contribution in [0.2, 0.25) is 5.02 Å². The zero-order valence-corrected chi connectivity index (χ0v) is 26.7. The highest BCUT2D eigenvalue weighted by molar-refractivity contribution is 6.30. The first-order valence-corrected chi connectivity index (χ1v) is 17.1. The molecule has 1 amide bonds. The average molecular weight is 639 g/mol. The van der Waals surface area contributed by atoms with Crippen LogP contribution in [-0.2, 0) is 17.8 Å². The molecule has 3 fully saturated rings. The van der Waals surface area contributed by atoms with Crippen LogP contribution in [-0.4, -0.2) is 56.8 Å². The Morgan fingerprint density at radius 3 is 2.31 bits per heavy atom. The molecular formula is C35H45ClF2N6O. The Labute approximate surface area is 270 Å². The van der Waals surface area contributed by atoms with E-state index in [1.54, 1.807) is 12.4 Å². The Bertz CT molecular complexity index is 1380. The van der Waals surface area contributed by atoms with Gasteiger partial charge in [0.25, 0.3) is 0 Å². The van der Waals surface area contributed by atoms with Crippen LogP contribution in [0.1, 0.15) is 76.2 Å². The van der Waals surface area contributed by atoms with Crippen molar-refractivity contribution in [2.45, 2.75) is 102 Å². The second kappa shape index (κ2) is 14.6. The van der Waals surface area contributed by atoms with Gasteiger partial charge in [-0.2, -0.15) is 5.10 Å². The SMILES string of the molecule is O=C([C@@H](Cc1ccc(Cl)cc1)NC1CCC(Nc2ccc(F)c(F)c2)CC1)N1CCC(Cn2cncn2)(C2CCCCC2)CC1. The van der Waals surface area contributed by atoms with Gasteiger partial charge in [-0.05, 0) is 98.9 Å². The van der Waals surface area contributed by atoms with Crippen molar-refractivity contribution >= 4 is 23.2 Å². The van der Waals surface area contributed by atoms with Gasteiger partial charge >= 0.3 is 0 Å². The van der Waals surface area contributed by atoms with E-state index in [1.807, 2.05) is 35.3 Å². The number of piperidine rings is 1. The monoisotopic (exact) mass is 638 g/mol. The highest BCUT2D eigenvalue weighted by Crippen LogP contribution is 2.47. The molecule has 2 aliphatic carbocycles. The van der Waals surface area contributed by atoms with Gasteiger partial charge in [0.1, 0.15) is 12.7 Å². The third kappa shape index (κ3) is 8.04. The number of halogens is 3. The minimum absolute atomic E-state index is 0.142. The number of benzene rings is 2. The quantitative estimate of drug-likeness (QED) is 0.250. The molecule has 0 radical (unpaired) electrons. The molecule has 6 rings (SSSR count). The molecule has 0 spiro atoms. The van der Waals surface area contributed by atoms with Gasteiger partial charge in [0, 0.05) is 48.5 Å². The van der Waals surface area contributed by atoms with Crippen molar-refractivity contribution in [1.29, 1.82) is 0 Å². The lowest BCUT2D eigenvalue weighted by Gasteiger charge is -2.48. The van der Waals surface area contributed by atoms with Crippen LogP contribution >= 0.6 is 11.6 Å². The standard InChI is InChI=1S/C35H45ClF2N6O/c36-27-8-6-25(7-9-27)20-33(42-29-12-10-28(11-13-29)41-30-14-15-31(37)32(38)21-30)34(45)43-18-16-35(17-19-43,22-44-24-39-23-40-44)26-4-2-1-3-5-26/h6-9,14-15,21,23-24,26,28-29,33,41-42H,1-5,10-13,16-20,22H2/t28?,29?,33-/m1/s1. The summed E-state index contributed by atoms with van der Waals surface area (Å²) in [5, 5.41) is 12.3. The van der Waals surface area contributed by atoms with Gasteiger partial charge in [-0.25, -0.2) is 13.8 Å². The molecule has 242 valence electrons. The first-order valence-electron chi connectivity index (χ1n) is 16.7. The summed E-state index contributed by atoms with van der Waals surface area (Å²) in [6.45, 7) is 2.38. The van der Waals surface area contributed by atoms with E-state index in [0.717, 1.165) is 69.8 Å². The Hall–Kier alpha value is -3.04. The van der Waals surface area contributed by atoms with E-state index in [2.05, 4.69) is 25.6 Å². The summed E-state index contributed by atoms with van der Waals surface area (Å²) in [5.74, 6) is -0.852. The number of hydrogen-bond donors (Lipinski definition) is 2. The topological polar surface area (TPSA) is 75.1 Å². The van der Waals surface area contributed by atoms with Crippen molar-refractivity contribution in [1.82, 2.24) is 25.0 Å². The molecule has 3 aliphatic rings. The number of carbonyl (C=O) groups is 1. The van der Waals surface area contributed by atoms with Crippen molar-refractivity contribution in [3.8, 4) is 0 Å².